The van der Waals surface area contributed by atoms with Crippen molar-refractivity contribution in [1.82, 2.24) is 9.19 Å². The normalized spacial score (nSPS) is 11.8. The van der Waals surface area contributed by atoms with E-state index in [9.17, 15) is 0 Å². The van der Waals surface area contributed by atoms with Crippen molar-refractivity contribution in [2.75, 3.05) is 6.61 Å². The van der Waals surface area contributed by atoms with Gasteiger partial charge in [-0.15, -0.1) is 0 Å². The second-order valence-corrected chi connectivity index (χ2v) is 4.85. The second kappa shape index (κ2) is 4.17. The van der Waals surface area contributed by atoms with E-state index in [2.05, 4.69) is 17.9 Å². The summed E-state index contributed by atoms with van der Waals surface area (Å²) >= 11 is 20.8. The Morgan fingerprint density at radius 1 is 1.62 bits per heavy atom. The molecule has 7 heteroatoms. The summed E-state index contributed by atoms with van der Waals surface area (Å²) in [5.41, 5.74) is 0.288. The fourth-order valence-corrected chi connectivity index (χ4v) is 1.23. The average Bonchev–Trinajstić information content (AvgIpc) is 2.32. The molecule has 0 saturated carbocycles. The lowest BCUT2D eigenvalue weighted by atomic mass is 10.5. The summed E-state index contributed by atoms with van der Waals surface area (Å²) in [5, 5.41) is 3.86. The van der Waals surface area contributed by atoms with Crippen LogP contribution in [0.15, 0.2) is 6.07 Å². The van der Waals surface area contributed by atoms with Crippen molar-refractivity contribution >= 4 is 47.6 Å². The monoisotopic (exact) mass is 260 g/mol. The molecule has 0 atom stereocenters. The molecule has 0 aliphatic rings. The van der Waals surface area contributed by atoms with E-state index < -0.39 is 3.79 Å². The zero-order valence-electron chi connectivity index (χ0n) is 6.67. The zero-order chi connectivity index (χ0) is 10.1. The van der Waals surface area contributed by atoms with Crippen LogP contribution in [-0.2, 0) is 3.79 Å². The lowest BCUT2D eigenvalue weighted by Crippen LogP contribution is -2.00. The maximum atomic E-state index is 5.61. The van der Waals surface area contributed by atoms with Gasteiger partial charge in [-0.05, 0) is 19.7 Å². The minimum absolute atomic E-state index is 0.288. The third kappa shape index (κ3) is 2.84. The molecule has 74 valence electrons. The number of hydrogen-bond acceptors (Lipinski definition) is 3. The van der Waals surface area contributed by atoms with E-state index in [1.165, 1.54) is 10.2 Å². The van der Waals surface area contributed by atoms with Crippen molar-refractivity contribution in [2.45, 2.75) is 10.7 Å². The smallest absolute Gasteiger partial charge is 0.234 e. The van der Waals surface area contributed by atoms with Crippen LogP contribution in [0.1, 0.15) is 12.6 Å². The van der Waals surface area contributed by atoms with E-state index in [0.717, 1.165) is 0 Å². The SMILES string of the molecule is CCOc1cc(C(Cl)(Cl)Cl)nn1S. The Kier molecular flexibility index (Phi) is 3.63. The van der Waals surface area contributed by atoms with Gasteiger partial charge in [-0.25, -0.2) is 0 Å². The van der Waals surface area contributed by atoms with E-state index >= 15 is 0 Å². The van der Waals surface area contributed by atoms with Crippen molar-refractivity contribution in [3.63, 3.8) is 0 Å². The lowest BCUT2D eigenvalue weighted by molar-refractivity contribution is 0.323. The van der Waals surface area contributed by atoms with Gasteiger partial charge in [0.05, 0.1) is 6.61 Å². The molecule has 0 aliphatic heterocycles. The maximum Gasteiger partial charge on any atom is 0.234 e. The predicted molar refractivity (Wildman–Crippen MR) is 57.0 cm³/mol. The third-order valence-corrected chi connectivity index (χ3v) is 2.11. The molecule has 0 spiro atoms. The number of thiol groups is 1. The van der Waals surface area contributed by atoms with E-state index in [-0.39, 0.29) is 5.69 Å². The number of ether oxygens (including phenoxy) is 1. The minimum Gasteiger partial charge on any atom is -0.478 e. The van der Waals surface area contributed by atoms with Crippen LogP contribution in [0.2, 0.25) is 0 Å². The van der Waals surface area contributed by atoms with Gasteiger partial charge in [0, 0.05) is 6.07 Å². The van der Waals surface area contributed by atoms with Crippen molar-refractivity contribution in [3.05, 3.63) is 11.8 Å². The number of alkyl halides is 3. The molecule has 0 aliphatic carbocycles. The number of nitrogens with zero attached hydrogens (tertiary/aromatic N) is 2. The maximum absolute atomic E-state index is 5.61. The van der Waals surface area contributed by atoms with Crippen LogP contribution >= 0.6 is 47.6 Å². The van der Waals surface area contributed by atoms with Crippen LogP contribution < -0.4 is 4.74 Å². The molecular formula is C6H7Cl3N2OS. The molecule has 0 fully saturated rings. The van der Waals surface area contributed by atoms with Gasteiger partial charge in [0.15, 0.2) is 0 Å². The van der Waals surface area contributed by atoms with Gasteiger partial charge in [-0.3, -0.25) is 0 Å². The van der Waals surface area contributed by atoms with Crippen LogP contribution in [0.5, 0.6) is 5.88 Å². The molecule has 1 aromatic heterocycles. The van der Waals surface area contributed by atoms with Crippen LogP contribution in [0, 0.1) is 0 Å². The molecule has 0 amide bonds. The third-order valence-electron chi connectivity index (χ3n) is 1.24. The van der Waals surface area contributed by atoms with Crippen LogP contribution in [-0.4, -0.2) is 15.8 Å². The highest BCUT2D eigenvalue weighted by Gasteiger charge is 2.27. The molecule has 0 saturated heterocycles. The fourth-order valence-electron chi connectivity index (χ4n) is 0.741. The van der Waals surface area contributed by atoms with Crippen molar-refractivity contribution in [3.8, 4) is 5.88 Å². The molecular weight excluding hydrogens is 255 g/mol. The Balaban J connectivity index is 2.95. The molecule has 1 heterocycles. The minimum atomic E-state index is -1.54. The molecule has 3 nitrogen and oxygen atoms in total. The van der Waals surface area contributed by atoms with Gasteiger partial charge in [0.1, 0.15) is 5.69 Å². The highest BCUT2D eigenvalue weighted by atomic mass is 35.6. The first kappa shape index (κ1) is 11.3. The van der Waals surface area contributed by atoms with Gasteiger partial charge in [0.2, 0.25) is 9.67 Å². The highest BCUT2D eigenvalue weighted by molar-refractivity contribution is 7.78. The number of aromatic nitrogens is 2. The highest BCUT2D eigenvalue weighted by Crippen LogP contribution is 2.38. The van der Waals surface area contributed by atoms with Crippen molar-refractivity contribution in [2.24, 2.45) is 0 Å². The summed E-state index contributed by atoms with van der Waals surface area (Å²) in [6.07, 6.45) is 0. The Morgan fingerprint density at radius 3 is 2.62 bits per heavy atom. The van der Waals surface area contributed by atoms with Gasteiger partial charge >= 0.3 is 0 Å². The molecule has 1 aromatic rings. The van der Waals surface area contributed by atoms with Crippen molar-refractivity contribution < 1.29 is 4.74 Å². The molecule has 13 heavy (non-hydrogen) atoms. The van der Waals surface area contributed by atoms with E-state index in [0.29, 0.717) is 12.5 Å². The lowest BCUT2D eigenvalue weighted by Gasteiger charge is -2.04. The number of hydrogen-bond donors (Lipinski definition) is 1. The number of halogens is 3. The molecule has 0 N–H and O–H groups in total. The Morgan fingerprint density at radius 2 is 2.23 bits per heavy atom. The van der Waals surface area contributed by atoms with Gasteiger partial charge in [0.25, 0.3) is 0 Å². The predicted octanol–water partition coefficient (Wildman–Crippen LogP) is 2.80. The molecule has 0 unspecified atom stereocenters. The van der Waals surface area contributed by atoms with Crippen LogP contribution in [0.4, 0.5) is 0 Å². The van der Waals surface area contributed by atoms with Crippen LogP contribution in [0.3, 0.4) is 0 Å². The largest absolute Gasteiger partial charge is 0.478 e. The number of rotatable bonds is 2. The molecule has 1 rings (SSSR count). The summed E-state index contributed by atoms with van der Waals surface area (Å²) in [5.74, 6) is 0.451. The topological polar surface area (TPSA) is 27.1 Å². The van der Waals surface area contributed by atoms with E-state index in [4.69, 9.17) is 39.5 Å². The van der Waals surface area contributed by atoms with Gasteiger partial charge in [-0.1, -0.05) is 34.8 Å². The quantitative estimate of drug-likeness (QED) is 0.655. The first-order valence-electron chi connectivity index (χ1n) is 3.44. The Labute approximate surface area is 96.4 Å². The van der Waals surface area contributed by atoms with Crippen molar-refractivity contribution in [1.29, 1.82) is 0 Å². The molecule has 0 bridgehead atoms. The van der Waals surface area contributed by atoms with E-state index in [1.54, 1.807) is 0 Å². The average molecular weight is 262 g/mol. The summed E-state index contributed by atoms with van der Waals surface area (Å²) < 4.78 is 4.84. The first-order valence-corrected chi connectivity index (χ1v) is 4.98. The Hall–Kier alpha value is 0.230. The second-order valence-electron chi connectivity index (χ2n) is 2.19. The first-order chi connectivity index (χ1) is 5.95. The summed E-state index contributed by atoms with van der Waals surface area (Å²) in [4.78, 5) is 0. The van der Waals surface area contributed by atoms with E-state index in [1.807, 2.05) is 6.92 Å². The summed E-state index contributed by atoms with van der Waals surface area (Å²) in [7, 11) is 0. The molecule has 0 aromatic carbocycles. The van der Waals surface area contributed by atoms with Crippen LogP contribution in [0.25, 0.3) is 0 Å². The molecule has 0 radical (unpaired) electrons. The zero-order valence-corrected chi connectivity index (χ0v) is 9.83. The summed E-state index contributed by atoms with van der Waals surface area (Å²) in [6.45, 7) is 2.35. The van der Waals surface area contributed by atoms with Gasteiger partial charge in [-0.2, -0.15) is 9.19 Å². The standard InChI is InChI=1S/C6H7Cl3N2OS/c1-2-12-5-3-4(6(7,8)9)10-11(5)13/h3,13H,2H2,1H3. The summed E-state index contributed by atoms with van der Waals surface area (Å²) in [6, 6.07) is 1.53. The Bertz CT molecular complexity index is 297. The fraction of sp³-hybridized carbons (Fsp3) is 0.500. The van der Waals surface area contributed by atoms with Gasteiger partial charge < -0.3 is 4.74 Å².